The van der Waals surface area contributed by atoms with Gasteiger partial charge >= 0.3 is 0 Å². The van der Waals surface area contributed by atoms with Crippen molar-refractivity contribution in [2.75, 3.05) is 11.1 Å². The Bertz CT molecular complexity index is 591. The van der Waals surface area contributed by atoms with E-state index in [0.29, 0.717) is 0 Å². The Labute approximate surface area is 135 Å². The fourth-order valence-corrected chi connectivity index (χ4v) is 1.83. The lowest BCUT2D eigenvalue weighted by Gasteiger charge is -2.10. The van der Waals surface area contributed by atoms with Crippen molar-refractivity contribution in [3.63, 3.8) is 0 Å². The SMILES string of the molecule is C=C(Nc1ccc(N)cc1)c1cnc(C)c(Br)c1.CCC. The quantitative estimate of drug-likeness (QED) is 0.747. The third kappa shape index (κ3) is 5.60. The first-order valence-electron chi connectivity index (χ1n) is 6.91. The highest BCUT2D eigenvalue weighted by Gasteiger charge is 2.03. The second-order valence-corrected chi connectivity index (χ2v) is 5.58. The molecule has 0 radical (unpaired) electrons. The van der Waals surface area contributed by atoms with Crippen molar-refractivity contribution in [1.82, 2.24) is 4.98 Å². The average molecular weight is 348 g/mol. The van der Waals surface area contributed by atoms with Crippen LogP contribution in [0.15, 0.2) is 47.6 Å². The lowest BCUT2D eigenvalue weighted by atomic mass is 10.2. The fraction of sp³-hybridized carbons (Fsp3) is 0.235. The van der Waals surface area contributed by atoms with E-state index in [2.05, 4.69) is 46.7 Å². The summed E-state index contributed by atoms with van der Waals surface area (Å²) in [4.78, 5) is 4.29. The molecule has 0 fully saturated rings. The van der Waals surface area contributed by atoms with Gasteiger partial charge in [0, 0.05) is 33.3 Å². The second-order valence-electron chi connectivity index (χ2n) is 4.72. The lowest BCUT2D eigenvalue weighted by Crippen LogP contribution is -1.99. The Morgan fingerprint density at radius 3 is 2.38 bits per heavy atom. The number of pyridine rings is 1. The molecule has 2 aromatic rings. The van der Waals surface area contributed by atoms with Gasteiger partial charge in [0.05, 0.1) is 5.69 Å². The van der Waals surface area contributed by atoms with Gasteiger partial charge in [0.1, 0.15) is 0 Å². The van der Waals surface area contributed by atoms with Crippen LogP contribution in [0.2, 0.25) is 0 Å². The van der Waals surface area contributed by atoms with Gasteiger partial charge in [-0.25, -0.2) is 0 Å². The maximum absolute atomic E-state index is 5.64. The van der Waals surface area contributed by atoms with E-state index in [1.54, 1.807) is 6.20 Å². The van der Waals surface area contributed by atoms with Gasteiger partial charge in [0.25, 0.3) is 0 Å². The van der Waals surface area contributed by atoms with Crippen LogP contribution in [0.25, 0.3) is 5.70 Å². The molecule has 0 aliphatic carbocycles. The summed E-state index contributed by atoms with van der Waals surface area (Å²) in [5.41, 5.74) is 10.0. The van der Waals surface area contributed by atoms with Gasteiger partial charge in [-0.1, -0.05) is 26.8 Å². The van der Waals surface area contributed by atoms with Gasteiger partial charge in [0.2, 0.25) is 0 Å². The highest BCUT2D eigenvalue weighted by molar-refractivity contribution is 9.10. The third-order valence-corrected chi connectivity index (χ3v) is 3.38. The van der Waals surface area contributed by atoms with E-state index in [9.17, 15) is 0 Å². The molecule has 112 valence electrons. The molecular formula is C17H22BrN3. The summed E-state index contributed by atoms with van der Waals surface area (Å²) in [5, 5.41) is 3.22. The van der Waals surface area contributed by atoms with Crippen LogP contribution < -0.4 is 11.1 Å². The van der Waals surface area contributed by atoms with E-state index in [1.807, 2.05) is 37.3 Å². The topological polar surface area (TPSA) is 50.9 Å². The number of hydrogen-bond donors (Lipinski definition) is 2. The normalized spacial score (nSPS) is 9.52. The van der Waals surface area contributed by atoms with Crippen LogP contribution in [0.5, 0.6) is 0 Å². The first-order chi connectivity index (χ1) is 9.97. The van der Waals surface area contributed by atoms with Crippen LogP contribution in [0, 0.1) is 6.92 Å². The summed E-state index contributed by atoms with van der Waals surface area (Å²) in [6, 6.07) is 9.52. The number of aromatic nitrogens is 1. The van der Waals surface area contributed by atoms with E-state index in [4.69, 9.17) is 5.73 Å². The van der Waals surface area contributed by atoms with E-state index in [-0.39, 0.29) is 0 Å². The molecule has 1 heterocycles. The van der Waals surface area contributed by atoms with Gasteiger partial charge in [-0.15, -0.1) is 0 Å². The Balaban J connectivity index is 0.000000677. The van der Waals surface area contributed by atoms with Gasteiger partial charge < -0.3 is 11.1 Å². The molecule has 0 amide bonds. The van der Waals surface area contributed by atoms with Gasteiger partial charge in [-0.3, -0.25) is 4.98 Å². The molecule has 1 aromatic carbocycles. The minimum atomic E-state index is 0.742. The van der Waals surface area contributed by atoms with E-state index < -0.39 is 0 Å². The number of nitrogens with two attached hydrogens (primary N) is 1. The van der Waals surface area contributed by atoms with Crippen molar-refractivity contribution in [1.29, 1.82) is 0 Å². The molecule has 0 saturated carbocycles. The van der Waals surface area contributed by atoms with Crippen molar-refractivity contribution in [3.8, 4) is 0 Å². The Morgan fingerprint density at radius 1 is 1.29 bits per heavy atom. The lowest BCUT2D eigenvalue weighted by molar-refractivity contribution is 1.09. The number of anilines is 2. The van der Waals surface area contributed by atoms with Crippen molar-refractivity contribution in [2.24, 2.45) is 0 Å². The minimum absolute atomic E-state index is 0.742. The van der Waals surface area contributed by atoms with E-state index in [1.165, 1.54) is 6.42 Å². The molecule has 3 nitrogen and oxygen atoms in total. The molecule has 21 heavy (non-hydrogen) atoms. The zero-order valence-corrected chi connectivity index (χ0v) is 14.4. The Morgan fingerprint density at radius 2 is 1.86 bits per heavy atom. The van der Waals surface area contributed by atoms with Crippen molar-refractivity contribution >= 4 is 33.0 Å². The average Bonchev–Trinajstić information content (AvgIpc) is 2.45. The monoisotopic (exact) mass is 347 g/mol. The van der Waals surface area contributed by atoms with Crippen molar-refractivity contribution < 1.29 is 0 Å². The third-order valence-electron chi connectivity index (χ3n) is 2.58. The highest BCUT2D eigenvalue weighted by atomic mass is 79.9. The van der Waals surface area contributed by atoms with Gasteiger partial charge in [0.15, 0.2) is 0 Å². The Kier molecular flexibility index (Phi) is 6.96. The van der Waals surface area contributed by atoms with Crippen LogP contribution in [0.1, 0.15) is 31.5 Å². The summed E-state index contributed by atoms with van der Waals surface area (Å²) in [5.74, 6) is 0. The van der Waals surface area contributed by atoms with Crippen LogP contribution in [-0.4, -0.2) is 4.98 Å². The molecule has 0 bridgehead atoms. The van der Waals surface area contributed by atoms with Crippen LogP contribution in [-0.2, 0) is 0 Å². The first-order valence-corrected chi connectivity index (χ1v) is 7.71. The minimum Gasteiger partial charge on any atom is -0.399 e. The zero-order chi connectivity index (χ0) is 15.8. The molecule has 0 unspecified atom stereocenters. The van der Waals surface area contributed by atoms with Crippen molar-refractivity contribution in [3.05, 3.63) is 58.8 Å². The number of aryl methyl sites for hydroxylation is 1. The molecule has 4 heteroatoms. The number of halogens is 1. The maximum atomic E-state index is 5.64. The number of benzene rings is 1. The number of nitrogens with zero attached hydrogens (tertiary/aromatic N) is 1. The Hall–Kier alpha value is -1.81. The highest BCUT2D eigenvalue weighted by Crippen LogP contribution is 2.21. The number of hydrogen-bond acceptors (Lipinski definition) is 3. The molecular weight excluding hydrogens is 326 g/mol. The fourth-order valence-electron chi connectivity index (χ4n) is 1.48. The van der Waals surface area contributed by atoms with Gasteiger partial charge in [-0.2, -0.15) is 0 Å². The molecule has 0 aliphatic rings. The molecule has 0 aliphatic heterocycles. The molecule has 3 N–H and O–H groups in total. The summed E-state index contributed by atoms with van der Waals surface area (Å²) in [7, 11) is 0. The number of rotatable bonds is 3. The molecule has 2 rings (SSSR count). The summed E-state index contributed by atoms with van der Waals surface area (Å²) >= 11 is 3.46. The molecule has 0 saturated heterocycles. The molecule has 1 aromatic heterocycles. The standard InChI is InChI=1S/C14H14BrN3.C3H8/c1-9(11-7-14(15)10(2)17-8-11)18-13-5-3-12(16)4-6-13;1-3-2/h3-8,18H,1,16H2,2H3;3H2,1-2H3. The second kappa shape index (κ2) is 8.47. The predicted molar refractivity (Wildman–Crippen MR) is 96.2 cm³/mol. The zero-order valence-electron chi connectivity index (χ0n) is 12.8. The summed E-state index contributed by atoms with van der Waals surface area (Å²) < 4.78 is 0.972. The van der Waals surface area contributed by atoms with Crippen LogP contribution >= 0.6 is 15.9 Å². The van der Waals surface area contributed by atoms with Crippen molar-refractivity contribution in [2.45, 2.75) is 27.2 Å². The first kappa shape index (κ1) is 17.2. The summed E-state index contributed by atoms with van der Waals surface area (Å²) in [6.07, 6.45) is 3.05. The smallest absolute Gasteiger partial charge is 0.0514 e. The summed E-state index contributed by atoms with van der Waals surface area (Å²) in [6.45, 7) is 10.2. The largest absolute Gasteiger partial charge is 0.399 e. The number of nitrogen functional groups attached to an aromatic ring is 1. The maximum Gasteiger partial charge on any atom is 0.0514 e. The van der Waals surface area contributed by atoms with Crippen LogP contribution in [0.3, 0.4) is 0 Å². The molecule has 0 atom stereocenters. The van der Waals surface area contributed by atoms with Gasteiger partial charge in [-0.05, 0) is 53.2 Å². The predicted octanol–water partition coefficient (Wildman–Crippen LogP) is 5.23. The van der Waals surface area contributed by atoms with E-state index >= 15 is 0 Å². The van der Waals surface area contributed by atoms with Crippen LogP contribution in [0.4, 0.5) is 11.4 Å². The molecule has 0 spiro atoms. The number of nitrogens with one attached hydrogen (secondary N) is 1. The van der Waals surface area contributed by atoms with E-state index in [0.717, 1.165) is 32.8 Å².